The Labute approximate surface area is 110 Å². The SMILES string of the molecule is O=C(Cc1cccc(Cl)c1)NC(C(=O)O)C1CC1. The largest absolute Gasteiger partial charge is 0.480 e. The maximum Gasteiger partial charge on any atom is 0.326 e. The molecule has 1 aromatic rings. The van der Waals surface area contributed by atoms with Crippen molar-refractivity contribution in [2.24, 2.45) is 5.92 Å². The molecule has 1 atom stereocenters. The number of hydrogen-bond donors (Lipinski definition) is 2. The molecule has 1 saturated carbocycles. The first-order chi connectivity index (χ1) is 8.56. The van der Waals surface area contributed by atoms with Crippen molar-refractivity contribution in [3.05, 3.63) is 34.9 Å². The zero-order valence-electron chi connectivity index (χ0n) is 9.73. The van der Waals surface area contributed by atoms with Crippen molar-refractivity contribution in [1.82, 2.24) is 5.32 Å². The molecule has 4 nitrogen and oxygen atoms in total. The molecule has 1 unspecified atom stereocenters. The molecule has 2 N–H and O–H groups in total. The molecule has 0 saturated heterocycles. The topological polar surface area (TPSA) is 66.4 Å². The predicted octanol–water partition coefficient (Wildman–Crippen LogP) is 1.86. The first-order valence-corrected chi connectivity index (χ1v) is 6.20. The van der Waals surface area contributed by atoms with E-state index in [4.69, 9.17) is 16.7 Å². The third kappa shape index (κ3) is 3.47. The van der Waals surface area contributed by atoms with Crippen LogP contribution in [0.5, 0.6) is 0 Å². The number of nitrogens with one attached hydrogen (secondary N) is 1. The van der Waals surface area contributed by atoms with Crippen molar-refractivity contribution < 1.29 is 14.7 Å². The highest BCUT2D eigenvalue weighted by atomic mass is 35.5. The minimum absolute atomic E-state index is 0.0887. The molecule has 0 heterocycles. The summed E-state index contributed by atoms with van der Waals surface area (Å²) in [6.45, 7) is 0. The van der Waals surface area contributed by atoms with Crippen LogP contribution in [0.3, 0.4) is 0 Å². The van der Waals surface area contributed by atoms with E-state index < -0.39 is 12.0 Å². The molecule has 2 rings (SSSR count). The summed E-state index contributed by atoms with van der Waals surface area (Å²) in [5, 5.41) is 12.1. The van der Waals surface area contributed by atoms with E-state index in [1.165, 1.54) is 0 Å². The van der Waals surface area contributed by atoms with Gasteiger partial charge in [0.15, 0.2) is 0 Å². The van der Waals surface area contributed by atoms with Crippen LogP contribution >= 0.6 is 11.6 Å². The molecule has 0 radical (unpaired) electrons. The summed E-state index contributed by atoms with van der Waals surface area (Å²) >= 11 is 5.82. The standard InChI is InChI=1S/C13H14ClNO3/c14-10-3-1-2-8(6-10)7-11(16)15-12(13(17)18)9-4-5-9/h1-3,6,9,12H,4-5,7H2,(H,15,16)(H,17,18). The number of carbonyl (C=O) groups is 2. The number of benzene rings is 1. The van der Waals surface area contributed by atoms with Crippen LogP contribution in [0.15, 0.2) is 24.3 Å². The van der Waals surface area contributed by atoms with Gasteiger partial charge in [0.25, 0.3) is 0 Å². The van der Waals surface area contributed by atoms with Crippen LogP contribution in [0.1, 0.15) is 18.4 Å². The maximum atomic E-state index is 11.8. The van der Waals surface area contributed by atoms with Crippen molar-refractivity contribution in [3.8, 4) is 0 Å². The lowest BCUT2D eigenvalue weighted by atomic mass is 10.1. The van der Waals surface area contributed by atoms with Crippen molar-refractivity contribution in [2.75, 3.05) is 0 Å². The van der Waals surface area contributed by atoms with Gasteiger partial charge in [-0.25, -0.2) is 4.79 Å². The second-order valence-corrected chi connectivity index (χ2v) is 4.96. The predicted molar refractivity (Wildman–Crippen MR) is 67.4 cm³/mol. The summed E-state index contributed by atoms with van der Waals surface area (Å²) in [5.74, 6) is -1.15. The minimum atomic E-state index is -0.961. The number of carboxylic acid groups (broad SMARTS) is 1. The van der Waals surface area contributed by atoms with Gasteiger partial charge in [-0.2, -0.15) is 0 Å². The molecule has 18 heavy (non-hydrogen) atoms. The Kier molecular flexibility index (Phi) is 3.87. The molecule has 0 aliphatic heterocycles. The zero-order chi connectivity index (χ0) is 13.1. The molecule has 0 bridgehead atoms. The molecule has 5 heteroatoms. The maximum absolute atomic E-state index is 11.8. The van der Waals surface area contributed by atoms with E-state index in [1.807, 2.05) is 0 Å². The van der Waals surface area contributed by atoms with Crippen LogP contribution in [0.25, 0.3) is 0 Å². The molecule has 1 aliphatic rings. The highest BCUT2D eigenvalue weighted by Crippen LogP contribution is 2.32. The van der Waals surface area contributed by atoms with Crippen LogP contribution in [-0.2, 0) is 16.0 Å². The molecule has 1 aliphatic carbocycles. The summed E-state index contributed by atoms with van der Waals surface area (Å²) < 4.78 is 0. The third-order valence-electron chi connectivity index (χ3n) is 2.93. The summed E-state index contributed by atoms with van der Waals surface area (Å²) in [6, 6.07) is 6.23. The summed E-state index contributed by atoms with van der Waals surface area (Å²) in [4.78, 5) is 22.7. The lowest BCUT2D eigenvalue weighted by Crippen LogP contribution is -2.43. The van der Waals surface area contributed by atoms with E-state index in [2.05, 4.69) is 5.32 Å². The van der Waals surface area contributed by atoms with Gasteiger partial charge in [-0.3, -0.25) is 4.79 Å². The summed E-state index contributed by atoms with van der Waals surface area (Å²) in [5.41, 5.74) is 0.778. The minimum Gasteiger partial charge on any atom is -0.480 e. The van der Waals surface area contributed by atoms with Gasteiger partial charge in [0.05, 0.1) is 6.42 Å². The van der Waals surface area contributed by atoms with Crippen LogP contribution in [0.2, 0.25) is 5.02 Å². The van der Waals surface area contributed by atoms with Gasteiger partial charge in [0.1, 0.15) is 6.04 Å². The van der Waals surface area contributed by atoms with Crippen molar-refractivity contribution in [3.63, 3.8) is 0 Å². The molecule has 0 aromatic heterocycles. The second kappa shape index (κ2) is 5.40. The Bertz CT molecular complexity index is 471. The van der Waals surface area contributed by atoms with E-state index in [0.717, 1.165) is 18.4 Å². The average molecular weight is 268 g/mol. The number of aliphatic carboxylic acids is 1. The molecule has 1 amide bonds. The van der Waals surface area contributed by atoms with E-state index >= 15 is 0 Å². The number of carbonyl (C=O) groups excluding carboxylic acids is 1. The number of hydrogen-bond acceptors (Lipinski definition) is 2. The Morgan fingerprint density at radius 2 is 2.17 bits per heavy atom. The fraction of sp³-hybridized carbons (Fsp3) is 0.385. The second-order valence-electron chi connectivity index (χ2n) is 4.53. The van der Waals surface area contributed by atoms with Gasteiger partial charge in [-0.15, -0.1) is 0 Å². The normalized spacial score (nSPS) is 16.1. The molecule has 1 aromatic carbocycles. The van der Waals surface area contributed by atoms with E-state index in [1.54, 1.807) is 24.3 Å². The number of rotatable bonds is 5. The molecule has 1 fully saturated rings. The molecule has 0 spiro atoms. The lowest BCUT2D eigenvalue weighted by Gasteiger charge is -2.13. The monoisotopic (exact) mass is 267 g/mol. The molecule has 96 valence electrons. The van der Waals surface area contributed by atoms with Crippen molar-refractivity contribution in [1.29, 1.82) is 0 Å². The zero-order valence-corrected chi connectivity index (χ0v) is 10.5. The summed E-state index contributed by atoms with van der Waals surface area (Å²) in [6.07, 6.45) is 1.89. The van der Waals surface area contributed by atoms with Crippen LogP contribution < -0.4 is 5.32 Å². The first kappa shape index (κ1) is 12.9. The van der Waals surface area contributed by atoms with Gasteiger partial charge < -0.3 is 10.4 Å². The van der Waals surface area contributed by atoms with Crippen LogP contribution in [-0.4, -0.2) is 23.0 Å². The van der Waals surface area contributed by atoms with Crippen LogP contribution in [0.4, 0.5) is 0 Å². The van der Waals surface area contributed by atoms with E-state index in [9.17, 15) is 9.59 Å². The first-order valence-electron chi connectivity index (χ1n) is 5.83. The highest BCUT2D eigenvalue weighted by Gasteiger charge is 2.37. The smallest absolute Gasteiger partial charge is 0.326 e. The highest BCUT2D eigenvalue weighted by molar-refractivity contribution is 6.30. The number of carboxylic acids is 1. The third-order valence-corrected chi connectivity index (χ3v) is 3.16. The Morgan fingerprint density at radius 1 is 1.44 bits per heavy atom. The number of amides is 1. The van der Waals surface area contributed by atoms with Gasteiger partial charge in [0.2, 0.25) is 5.91 Å². The lowest BCUT2D eigenvalue weighted by molar-refractivity contribution is -0.142. The fourth-order valence-electron chi connectivity index (χ4n) is 1.87. The van der Waals surface area contributed by atoms with Crippen molar-refractivity contribution in [2.45, 2.75) is 25.3 Å². The van der Waals surface area contributed by atoms with Crippen molar-refractivity contribution >= 4 is 23.5 Å². The number of halogens is 1. The van der Waals surface area contributed by atoms with Gasteiger partial charge in [-0.1, -0.05) is 23.7 Å². The Hall–Kier alpha value is -1.55. The summed E-state index contributed by atoms with van der Waals surface area (Å²) in [7, 11) is 0. The quantitative estimate of drug-likeness (QED) is 0.856. The molecular formula is C13H14ClNO3. The van der Waals surface area contributed by atoms with Crippen LogP contribution in [0, 0.1) is 5.92 Å². The molecular weight excluding hydrogens is 254 g/mol. The van der Waals surface area contributed by atoms with Gasteiger partial charge >= 0.3 is 5.97 Å². The fourth-order valence-corrected chi connectivity index (χ4v) is 2.08. The van der Waals surface area contributed by atoms with E-state index in [-0.39, 0.29) is 18.2 Å². The van der Waals surface area contributed by atoms with Gasteiger partial charge in [0, 0.05) is 5.02 Å². The van der Waals surface area contributed by atoms with Gasteiger partial charge in [-0.05, 0) is 36.5 Å². The average Bonchev–Trinajstić information content (AvgIpc) is 3.09. The Balaban J connectivity index is 1.93. The Morgan fingerprint density at radius 3 is 2.72 bits per heavy atom. The van der Waals surface area contributed by atoms with E-state index in [0.29, 0.717) is 5.02 Å².